The van der Waals surface area contributed by atoms with Crippen LogP contribution >= 0.6 is 23.1 Å². The van der Waals surface area contributed by atoms with Gasteiger partial charge in [-0.1, -0.05) is 60.4 Å². The van der Waals surface area contributed by atoms with Crippen molar-refractivity contribution in [2.24, 2.45) is 0 Å². The van der Waals surface area contributed by atoms with Crippen molar-refractivity contribution < 1.29 is 4.79 Å². The summed E-state index contributed by atoms with van der Waals surface area (Å²) in [6.45, 7) is 2.56. The maximum absolute atomic E-state index is 12.1. The van der Waals surface area contributed by atoms with Crippen LogP contribution in [0, 0.1) is 0 Å². The van der Waals surface area contributed by atoms with Gasteiger partial charge in [0.15, 0.2) is 4.34 Å². The zero-order chi connectivity index (χ0) is 13.5. The summed E-state index contributed by atoms with van der Waals surface area (Å²) < 4.78 is 0.835. The molecule has 0 bridgehead atoms. The highest BCUT2D eigenvalue weighted by Crippen LogP contribution is 2.26. The third-order valence-electron chi connectivity index (χ3n) is 2.56. The van der Waals surface area contributed by atoms with Crippen molar-refractivity contribution in [1.82, 2.24) is 15.5 Å². The Balaban J connectivity index is 1.87. The molecule has 0 radical (unpaired) electrons. The van der Waals surface area contributed by atoms with Crippen LogP contribution in [0.15, 0.2) is 40.2 Å². The fraction of sp³-hybridized carbons (Fsp3) is 0.308. The Morgan fingerprint density at radius 1 is 1.42 bits per heavy atom. The van der Waals surface area contributed by atoms with E-state index >= 15 is 0 Å². The van der Waals surface area contributed by atoms with E-state index in [-0.39, 0.29) is 11.2 Å². The van der Waals surface area contributed by atoms with Crippen LogP contribution in [0.2, 0.25) is 0 Å². The number of hydrogen-bond acceptors (Lipinski definition) is 5. The molecular formula is C13H15N3OS2. The van der Waals surface area contributed by atoms with Crippen LogP contribution in [0.1, 0.15) is 18.9 Å². The molecule has 1 heterocycles. The van der Waals surface area contributed by atoms with Gasteiger partial charge in [-0.15, -0.1) is 10.2 Å². The standard InChI is InChI=1S/C13H15N3OS2/c1-2-11(19-13-16-15-9-18-13)12(17)14-8-10-6-4-3-5-7-10/h3-7,9,11H,2,8H2,1H3,(H,14,17). The molecule has 0 aliphatic heterocycles. The van der Waals surface area contributed by atoms with Crippen LogP contribution in [0.5, 0.6) is 0 Å². The number of benzene rings is 1. The molecule has 1 aromatic heterocycles. The van der Waals surface area contributed by atoms with E-state index < -0.39 is 0 Å². The Hall–Kier alpha value is -1.40. The van der Waals surface area contributed by atoms with Gasteiger partial charge in [0.25, 0.3) is 0 Å². The van der Waals surface area contributed by atoms with Crippen LogP contribution in [-0.4, -0.2) is 21.4 Å². The minimum absolute atomic E-state index is 0.0477. The smallest absolute Gasteiger partial charge is 0.233 e. The third-order valence-corrected chi connectivity index (χ3v) is 4.73. The molecule has 19 heavy (non-hydrogen) atoms. The lowest BCUT2D eigenvalue weighted by atomic mass is 10.2. The van der Waals surface area contributed by atoms with Gasteiger partial charge in [-0.3, -0.25) is 4.79 Å². The lowest BCUT2D eigenvalue weighted by molar-refractivity contribution is -0.120. The number of amides is 1. The van der Waals surface area contributed by atoms with Crippen LogP contribution in [0.25, 0.3) is 0 Å². The van der Waals surface area contributed by atoms with Crippen molar-refractivity contribution in [3.63, 3.8) is 0 Å². The minimum atomic E-state index is -0.114. The van der Waals surface area contributed by atoms with Gasteiger partial charge >= 0.3 is 0 Å². The Labute approximate surface area is 120 Å². The Kier molecular flexibility index (Phi) is 5.35. The maximum atomic E-state index is 12.1. The van der Waals surface area contributed by atoms with Gasteiger partial charge in [-0.2, -0.15) is 0 Å². The minimum Gasteiger partial charge on any atom is -0.351 e. The highest BCUT2D eigenvalue weighted by molar-refractivity contribution is 8.02. The summed E-state index contributed by atoms with van der Waals surface area (Å²) in [7, 11) is 0. The first kappa shape index (κ1) is 14.0. The van der Waals surface area contributed by atoms with Gasteiger partial charge in [0.1, 0.15) is 5.51 Å². The first-order valence-electron chi connectivity index (χ1n) is 6.04. The topological polar surface area (TPSA) is 54.9 Å². The first-order chi connectivity index (χ1) is 9.29. The summed E-state index contributed by atoms with van der Waals surface area (Å²) in [5.74, 6) is 0.0477. The van der Waals surface area contributed by atoms with Crippen molar-refractivity contribution >= 4 is 29.0 Å². The average molecular weight is 293 g/mol. The molecule has 1 N–H and O–H groups in total. The number of carbonyl (C=O) groups is 1. The summed E-state index contributed by atoms with van der Waals surface area (Å²) in [4.78, 5) is 12.1. The first-order valence-corrected chi connectivity index (χ1v) is 7.80. The Morgan fingerprint density at radius 2 is 2.21 bits per heavy atom. The van der Waals surface area contributed by atoms with Crippen molar-refractivity contribution in [3.8, 4) is 0 Å². The van der Waals surface area contributed by atoms with Gasteiger partial charge in [0.05, 0.1) is 5.25 Å². The van der Waals surface area contributed by atoms with Gasteiger partial charge < -0.3 is 5.32 Å². The number of thioether (sulfide) groups is 1. The van der Waals surface area contributed by atoms with Crippen molar-refractivity contribution in [2.45, 2.75) is 29.5 Å². The number of rotatable bonds is 6. The van der Waals surface area contributed by atoms with E-state index in [4.69, 9.17) is 0 Å². The summed E-state index contributed by atoms with van der Waals surface area (Å²) >= 11 is 2.93. The van der Waals surface area contributed by atoms with Crippen LogP contribution in [0.3, 0.4) is 0 Å². The van der Waals surface area contributed by atoms with Crippen molar-refractivity contribution in [3.05, 3.63) is 41.4 Å². The summed E-state index contributed by atoms with van der Waals surface area (Å²) in [5, 5.41) is 10.6. The molecule has 1 amide bonds. The molecule has 0 aliphatic carbocycles. The monoisotopic (exact) mass is 293 g/mol. The fourth-order valence-corrected chi connectivity index (χ4v) is 3.23. The second-order valence-corrected chi connectivity index (χ2v) is 6.21. The van der Waals surface area contributed by atoms with Crippen molar-refractivity contribution in [2.75, 3.05) is 0 Å². The van der Waals surface area contributed by atoms with Crippen LogP contribution in [-0.2, 0) is 11.3 Å². The molecule has 0 spiro atoms. The lowest BCUT2D eigenvalue weighted by Gasteiger charge is -2.12. The molecule has 0 saturated carbocycles. The highest BCUT2D eigenvalue weighted by atomic mass is 32.2. The maximum Gasteiger partial charge on any atom is 0.233 e. The van der Waals surface area contributed by atoms with E-state index in [1.165, 1.54) is 23.1 Å². The molecule has 0 aliphatic rings. The van der Waals surface area contributed by atoms with Gasteiger partial charge in [0, 0.05) is 6.54 Å². The van der Waals surface area contributed by atoms with Gasteiger partial charge in [0.2, 0.25) is 5.91 Å². The number of nitrogens with zero attached hydrogens (tertiary/aromatic N) is 2. The molecule has 100 valence electrons. The van der Waals surface area contributed by atoms with Crippen molar-refractivity contribution in [1.29, 1.82) is 0 Å². The molecule has 6 heteroatoms. The Morgan fingerprint density at radius 3 is 2.84 bits per heavy atom. The predicted molar refractivity (Wildman–Crippen MR) is 78.1 cm³/mol. The SMILES string of the molecule is CCC(Sc1nncs1)C(=O)NCc1ccccc1. The predicted octanol–water partition coefficient (Wildman–Crippen LogP) is 2.73. The summed E-state index contributed by atoms with van der Waals surface area (Å²) in [5.41, 5.74) is 2.78. The van der Waals surface area contributed by atoms with E-state index in [0.29, 0.717) is 6.54 Å². The normalized spacial score (nSPS) is 12.1. The molecule has 1 unspecified atom stereocenters. The number of hydrogen-bond donors (Lipinski definition) is 1. The zero-order valence-corrected chi connectivity index (χ0v) is 12.2. The number of aromatic nitrogens is 2. The quantitative estimate of drug-likeness (QED) is 0.832. The zero-order valence-electron chi connectivity index (χ0n) is 10.6. The molecule has 1 aromatic carbocycles. The molecular weight excluding hydrogens is 278 g/mol. The van der Waals surface area contributed by atoms with E-state index in [2.05, 4.69) is 15.5 Å². The third kappa shape index (κ3) is 4.33. The second-order valence-electron chi connectivity index (χ2n) is 3.92. The average Bonchev–Trinajstić information content (AvgIpc) is 2.96. The summed E-state index contributed by atoms with van der Waals surface area (Å²) in [6.07, 6.45) is 0.769. The van der Waals surface area contributed by atoms with Crippen LogP contribution < -0.4 is 5.32 Å². The molecule has 2 rings (SSSR count). The van der Waals surface area contributed by atoms with Gasteiger partial charge in [-0.05, 0) is 12.0 Å². The highest BCUT2D eigenvalue weighted by Gasteiger charge is 2.18. The van der Waals surface area contributed by atoms with E-state index in [0.717, 1.165) is 16.3 Å². The molecule has 0 saturated heterocycles. The lowest BCUT2D eigenvalue weighted by Crippen LogP contribution is -2.31. The van der Waals surface area contributed by atoms with Crippen LogP contribution in [0.4, 0.5) is 0 Å². The van der Waals surface area contributed by atoms with Gasteiger partial charge in [-0.25, -0.2) is 0 Å². The second kappa shape index (κ2) is 7.25. The molecule has 4 nitrogen and oxygen atoms in total. The van der Waals surface area contributed by atoms with E-state index in [1.54, 1.807) is 5.51 Å². The summed E-state index contributed by atoms with van der Waals surface area (Å²) in [6, 6.07) is 9.90. The molecule has 1 atom stereocenters. The number of nitrogens with one attached hydrogen (secondary N) is 1. The Bertz CT molecular complexity index is 502. The van der Waals surface area contributed by atoms with E-state index in [9.17, 15) is 4.79 Å². The fourth-order valence-electron chi connectivity index (χ4n) is 1.56. The van der Waals surface area contributed by atoms with E-state index in [1.807, 2.05) is 37.3 Å². The molecule has 2 aromatic rings. The number of carbonyl (C=O) groups excluding carboxylic acids is 1. The molecule has 0 fully saturated rings. The largest absolute Gasteiger partial charge is 0.351 e.